The van der Waals surface area contributed by atoms with Crippen molar-refractivity contribution in [3.63, 3.8) is 0 Å². The monoisotopic (exact) mass is 276 g/mol. The van der Waals surface area contributed by atoms with Crippen LogP contribution in [-0.2, 0) is 6.42 Å². The fourth-order valence-electron chi connectivity index (χ4n) is 2.48. The van der Waals surface area contributed by atoms with E-state index in [2.05, 4.69) is 6.92 Å². The van der Waals surface area contributed by atoms with Gasteiger partial charge in [0.1, 0.15) is 0 Å². The normalized spacial score (nSPS) is 10.5. The van der Waals surface area contributed by atoms with Crippen molar-refractivity contribution in [2.45, 2.75) is 58.8 Å². The summed E-state index contributed by atoms with van der Waals surface area (Å²) >= 11 is 0. The van der Waals surface area contributed by atoms with Crippen molar-refractivity contribution >= 4 is 12.3 Å². The zero-order valence-corrected chi connectivity index (χ0v) is 12.4. The summed E-state index contributed by atoms with van der Waals surface area (Å²) in [5.74, 6) is -1.04. The highest BCUT2D eigenvalue weighted by molar-refractivity contribution is 5.98. The van der Waals surface area contributed by atoms with E-state index in [1.807, 2.05) is 13.0 Å². The summed E-state index contributed by atoms with van der Waals surface area (Å²) < 4.78 is 0. The Hall–Kier alpha value is -1.64. The first-order valence-corrected chi connectivity index (χ1v) is 7.42. The number of carbonyl (C=O) groups is 2. The van der Waals surface area contributed by atoms with Crippen LogP contribution in [0.4, 0.5) is 0 Å². The van der Waals surface area contributed by atoms with Crippen molar-refractivity contribution in [3.8, 4) is 0 Å². The van der Waals surface area contributed by atoms with Crippen LogP contribution >= 0.6 is 0 Å². The van der Waals surface area contributed by atoms with Crippen LogP contribution < -0.4 is 0 Å². The number of carboxylic acid groups (broad SMARTS) is 1. The lowest BCUT2D eigenvalue weighted by Gasteiger charge is -2.10. The first kappa shape index (κ1) is 16.4. The lowest BCUT2D eigenvalue weighted by atomic mass is 9.94. The van der Waals surface area contributed by atoms with Crippen LogP contribution in [0.15, 0.2) is 12.1 Å². The van der Waals surface area contributed by atoms with Gasteiger partial charge in [-0.25, -0.2) is 4.79 Å². The van der Waals surface area contributed by atoms with Crippen LogP contribution in [0.1, 0.15) is 77.3 Å². The molecule has 1 N–H and O–H groups in total. The van der Waals surface area contributed by atoms with Crippen LogP contribution in [0.25, 0.3) is 0 Å². The van der Waals surface area contributed by atoms with Crippen LogP contribution in [0.5, 0.6) is 0 Å². The number of benzene rings is 1. The van der Waals surface area contributed by atoms with Crippen molar-refractivity contribution in [3.05, 3.63) is 34.4 Å². The molecule has 110 valence electrons. The van der Waals surface area contributed by atoms with Crippen molar-refractivity contribution in [1.29, 1.82) is 0 Å². The Morgan fingerprint density at radius 3 is 2.40 bits per heavy atom. The third kappa shape index (κ3) is 4.48. The quantitative estimate of drug-likeness (QED) is 0.537. The van der Waals surface area contributed by atoms with E-state index in [1.54, 1.807) is 6.07 Å². The molecular formula is C17H24O3. The summed E-state index contributed by atoms with van der Waals surface area (Å²) in [7, 11) is 0. The molecule has 0 aliphatic heterocycles. The molecule has 0 radical (unpaired) electrons. The van der Waals surface area contributed by atoms with Gasteiger partial charge < -0.3 is 5.11 Å². The average Bonchev–Trinajstić information content (AvgIpc) is 2.43. The molecule has 0 spiro atoms. The summed E-state index contributed by atoms with van der Waals surface area (Å²) in [5, 5.41) is 9.05. The molecule has 0 saturated heterocycles. The van der Waals surface area contributed by atoms with Crippen molar-refractivity contribution < 1.29 is 14.7 Å². The Labute approximate surface area is 121 Å². The van der Waals surface area contributed by atoms with Gasteiger partial charge in [0.25, 0.3) is 0 Å². The maximum absolute atomic E-state index is 11.1. The number of hydrogen-bond donors (Lipinski definition) is 1. The molecule has 0 amide bonds. The molecule has 3 heteroatoms. The molecule has 0 bridgehead atoms. The number of rotatable bonds is 9. The highest BCUT2D eigenvalue weighted by Gasteiger charge is 2.14. The summed E-state index contributed by atoms with van der Waals surface area (Å²) in [6, 6.07) is 3.39. The topological polar surface area (TPSA) is 54.4 Å². The third-order valence-electron chi connectivity index (χ3n) is 3.77. The highest BCUT2D eigenvalue weighted by atomic mass is 16.4. The molecule has 1 aromatic carbocycles. The Bertz CT molecular complexity index is 464. The molecule has 0 aliphatic carbocycles. The van der Waals surface area contributed by atoms with Gasteiger partial charge >= 0.3 is 5.97 Å². The second kappa shape index (κ2) is 8.51. The first-order valence-electron chi connectivity index (χ1n) is 7.42. The third-order valence-corrected chi connectivity index (χ3v) is 3.77. The van der Waals surface area contributed by atoms with E-state index in [4.69, 9.17) is 5.11 Å². The second-order valence-electron chi connectivity index (χ2n) is 5.25. The highest BCUT2D eigenvalue weighted by Crippen LogP contribution is 2.20. The molecule has 1 rings (SSSR count). The summed E-state index contributed by atoms with van der Waals surface area (Å²) in [4.78, 5) is 22.1. The van der Waals surface area contributed by atoms with E-state index >= 15 is 0 Å². The zero-order chi connectivity index (χ0) is 15.0. The lowest BCUT2D eigenvalue weighted by molar-refractivity contribution is 0.0694. The van der Waals surface area contributed by atoms with Crippen molar-refractivity contribution in [2.24, 2.45) is 0 Å². The van der Waals surface area contributed by atoms with E-state index < -0.39 is 5.97 Å². The SMILES string of the molecule is CCCCCCCCc1ccc(C(=O)O)c(C=O)c1C. The molecule has 20 heavy (non-hydrogen) atoms. The van der Waals surface area contributed by atoms with Crippen LogP contribution in [0.2, 0.25) is 0 Å². The minimum absolute atomic E-state index is 0.101. The largest absolute Gasteiger partial charge is 0.478 e. The molecule has 0 aromatic heterocycles. The summed E-state index contributed by atoms with van der Waals surface area (Å²) in [6.07, 6.45) is 8.93. The number of aryl methyl sites for hydroxylation is 1. The summed E-state index contributed by atoms with van der Waals surface area (Å²) in [6.45, 7) is 4.04. The first-order chi connectivity index (χ1) is 9.61. The standard InChI is InChI=1S/C17H24O3/c1-3-4-5-6-7-8-9-14-10-11-15(17(19)20)16(12-18)13(14)2/h10-12H,3-9H2,1-2H3,(H,19,20). The Balaban J connectivity index is 2.63. The zero-order valence-electron chi connectivity index (χ0n) is 12.4. The van der Waals surface area contributed by atoms with Gasteiger partial charge in [-0.3, -0.25) is 4.79 Å². The number of carbonyl (C=O) groups excluding carboxylic acids is 1. The van der Waals surface area contributed by atoms with Gasteiger partial charge in [0, 0.05) is 5.56 Å². The Morgan fingerprint density at radius 1 is 1.15 bits per heavy atom. The number of hydrogen-bond acceptors (Lipinski definition) is 2. The number of aldehydes is 1. The van der Waals surface area contributed by atoms with Gasteiger partial charge in [-0.2, -0.15) is 0 Å². The van der Waals surface area contributed by atoms with Crippen molar-refractivity contribution in [2.75, 3.05) is 0 Å². The number of unbranched alkanes of at least 4 members (excludes halogenated alkanes) is 5. The van der Waals surface area contributed by atoms with Crippen molar-refractivity contribution in [1.82, 2.24) is 0 Å². The van der Waals surface area contributed by atoms with E-state index in [0.717, 1.165) is 24.0 Å². The molecule has 0 saturated carbocycles. The lowest BCUT2D eigenvalue weighted by Crippen LogP contribution is -2.06. The second-order valence-corrected chi connectivity index (χ2v) is 5.25. The Morgan fingerprint density at radius 2 is 1.80 bits per heavy atom. The van der Waals surface area contributed by atoms with Gasteiger partial charge in [-0.15, -0.1) is 0 Å². The molecule has 1 aromatic rings. The predicted molar refractivity (Wildman–Crippen MR) is 80.6 cm³/mol. The molecule has 0 heterocycles. The number of aromatic carboxylic acids is 1. The number of carboxylic acids is 1. The predicted octanol–water partition coefficient (Wildman–Crippen LogP) is 4.41. The smallest absolute Gasteiger partial charge is 0.336 e. The fraction of sp³-hybridized carbons (Fsp3) is 0.529. The van der Waals surface area contributed by atoms with Crippen LogP contribution in [-0.4, -0.2) is 17.4 Å². The van der Waals surface area contributed by atoms with E-state index in [9.17, 15) is 9.59 Å². The molecule has 0 unspecified atom stereocenters. The van der Waals surface area contributed by atoms with E-state index in [-0.39, 0.29) is 5.56 Å². The fourth-order valence-corrected chi connectivity index (χ4v) is 2.48. The van der Waals surface area contributed by atoms with E-state index in [0.29, 0.717) is 11.8 Å². The van der Waals surface area contributed by atoms with Gasteiger partial charge in [0.05, 0.1) is 5.56 Å². The van der Waals surface area contributed by atoms with E-state index in [1.165, 1.54) is 32.1 Å². The Kier molecular flexibility index (Phi) is 6.99. The minimum atomic E-state index is -1.04. The molecule has 0 fully saturated rings. The summed E-state index contributed by atoms with van der Waals surface area (Å²) in [5.41, 5.74) is 2.33. The van der Waals surface area contributed by atoms with Gasteiger partial charge in [-0.05, 0) is 37.0 Å². The molecule has 3 nitrogen and oxygen atoms in total. The molecule has 0 atom stereocenters. The minimum Gasteiger partial charge on any atom is -0.478 e. The maximum Gasteiger partial charge on any atom is 0.336 e. The van der Waals surface area contributed by atoms with Gasteiger partial charge in [0.2, 0.25) is 0 Å². The molecular weight excluding hydrogens is 252 g/mol. The maximum atomic E-state index is 11.1. The average molecular weight is 276 g/mol. The van der Waals surface area contributed by atoms with Gasteiger partial charge in [-0.1, -0.05) is 45.1 Å². The van der Waals surface area contributed by atoms with Crippen LogP contribution in [0.3, 0.4) is 0 Å². The molecule has 0 aliphatic rings. The van der Waals surface area contributed by atoms with Crippen LogP contribution in [0, 0.1) is 6.92 Å². The van der Waals surface area contributed by atoms with Gasteiger partial charge in [0.15, 0.2) is 6.29 Å².